The van der Waals surface area contributed by atoms with Crippen LogP contribution in [0.5, 0.6) is 5.75 Å². The van der Waals surface area contributed by atoms with E-state index in [0.717, 1.165) is 25.2 Å². The quantitative estimate of drug-likeness (QED) is 0.630. The van der Waals surface area contributed by atoms with E-state index in [1.165, 1.54) is 18.4 Å². The number of aryl methyl sites for hydroxylation is 1. The van der Waals surface area contributed by atoms with E-state index < -0.39 is 0 Å². The number of nitrogens with two attached hydrogens (primary N) is 1. The van der Waals surface area contributed by atoms with Crippen molar-refractivity contribution in [2.24, 2.45) is 0 Å². The van der Waals surface area contributed by atoms with Gasteiger partial charge in [-0.25, -0.2) is 0 Å². The van der Waals surface area contributed by atoms with Crippen LogP contribution in [0.25, 0.3) is 0 Å². The van der Waals surface area contributed by atoms with Gasteiger partial charge in [-0.3, -0.25) is 0 Å². The Morgan fingerprint density at radius 1 is 1.47 bits per heavy atom. The van der Waals surface area contributed by atoms with Crippen molar-refractivity contribution in [2.75, 3.05) is 18.9 Å². The summed E-state index contributed by atoms with van der Waals surface area (Å²) in [5.41, 5.74) is 7.73. The summed E-state index contributed by atoms with van der Waals surface area (Å²) in [6.45, 7) is 3.68. The minimum atomic E-state index is 0.452. The minimum Gasteiger partial charge on any atom is -0.491 e. The summed E-state index contributed by atoms with van der Waals surface area (Å²) in [5, 5.41) is 0. The van der Waals surface area contributed by atoms with Crippen molar-refractivity contribution < 1.29 is 9.47 Å². The third-order valence-corrected chi connectivity index (χ3v) is 3.12. The van der Waals surface area contributed by atoms with Crippen LogP contribution in [0.15, 0.2) is 18.2 Å². The van der Waals surface area contributed by atoms with Crippen molar-refractivity contribution in [2.45, 2.75) is 38.7 Å². The molecular formula is C14H21NO2. The average Bonchev–Trinajstić information content (AvgIpc) is 2.82. The average molecular weight is 235 g/mol. The van der Waals surface area contributed by atoms with Crippen molar-refractivity contribution >= 4 is 5.69 Å². The Kier molecular flexibility index (Phi) is 4.26. The van der Waals surface area contributed by atoms with Crippen LogP contribution in [-0.2, 0) is 4.74 Å². The summed E-state index contributed by atoms with van der Waals surface area (Å²) in [4.78, 5) is 0. The molecule has 0 aromatic heterocycles. The van der Waals surface area contributed by atoms with Gasteiger partial charge in [-0.15, -0.1) is 0 Å². The lowest BCUT2D eigenvalue weighted by atomic mass is 10.1. The fourth-order valence-electron chi connectivity index (χ4n) is 2.13. The molecule has 1 aliphatic heterocycles. The van der Waals surface area contributed by atoms with Gasteiger partial charge in [-0.2, -0.15) is 0 Å². The van der Waals surface area contributed by atoms with Crippen LogP contribution in [-0.4, -0.2) is 19.3 Å². The largest absolute Gasteiger partial charge is 0.491 e. The first-order valence-corrected chi connectivity index (χ1v) is 6.36. The molecule has 0 radical (unpaired) electrons. The molecule has 17 heavy (non-hydrogen) atoms. The molecule has 0 saturated carbocycles. The highest BCUT2D eigenvalue weighted by Gasteiger charge is 2.14. The van der Waals surface area contributed by atoms with Gasteiger partial charge in [0.25, 0.3) is 0 Å². The Morgan fingerprint density at radius 3 is 3.12 bits per heavy atom. The van der Waals surface area contributed by atoms with Crippen molar-refractivity contribution in [3.05, 3.63) is 23.8 Å². The van der Waals surface area contributed by atoms with Gasteiger partial charge in [0.15, 0.2) is 0 Å². The number of nitrogen functional groups attached to an aromatic ring is 1. The lowest BCUT2D eigenvalue weighted by Crippen LogP contribution is -2.08. The minimum absolute atomic E-state index is 0.452. The number of benzene rings is 1. The molecule has 1 aromatic carbocycles. The molecule has 1 fully saturated rings. The third-order valence-electron chi connectivity index (χ3n) is 3.12. The Hall–Kier alpha value is -1.22. The molecule has 0 spiro atoms. The maximum Gasteiger partial charge on any atom is 0.142 e. The van der Waals surface area contributed by atoms with Gasteiger partial charge in [0, 0.05) is 6.61 Å². The van der Waals surface area contributed by atoms with E-state index in [1.54, 1.807) is 0 Å². The maximum atomic E-state index is 5.84. The molecule has 2 N–H and O–H groups in total. The first kappa shape index (κ1) is 12.2. The zero-order valence-corrected chi connectivity index (χ0v) is 10.4. The number of ether oxygens (including phenoxy) is 2. The molecule has 1 unspecified atom stereocenters. The van der Waals surface area contributed by atoms with Gasteiger partial charge >= 0.3 is 0 Å². The van der Waals surface area contributed by atoms with E-state index in [4.69, 9.17) is 15.2 Å². The van der Waals surface area contributed by atoms with Crippen molar-refractivity contribution in [1.82, 2.24) is 0 Å². The first-order chi connectivity index (χ1) is 8.25. The van der Waals surface area contributed by atoms with E-state index in [1.807, 2.05) is 25.1 Å². The molecule has 1 heterocycles. The summed E-state index contributed by atoms with van der Waals surface area (Å²) in [6, 6.07) is 5.88. The topological polar surface area (TPSA) is 44.5 Å². The third kappa shape index (κ3) is 3.63. The fourth-order valence-corrected chi connectivity index (χ4v) is 2.13. The number of hydrogen-bond acceptors (Lipinski definition) is 3. The lowest BCUT2D eigenvalue weighted by molar-refractivity contribution is 0.0982. The molecule has 3 heteroatoms. The number of anilines is 1. The molecule has 1 atom stereocenters. The Balaban J connectivity index is 1.72. The summed E-state index contributed by atoms with van der Waals surface area (Å²) >= 11 is 0. The molecule has 1 aromatic rings. The molecular weight excluding hydrogens is 214 g/mol. The van der Waals surface area contributed by atoms with E-state index in [0.29, 0.717) is 18.4 Å². The summed E-state index contributed by atoms with van der Waals surface area (Å²) in [6.07, 6.45) is 4.97. The Morgan fingerprint density at radius 2 is 2.35 bits per heavy atom. The van der Waals surface area contributed by atoms with Crippen LogP contribution in [0.2, 0.25) is 0 Å². The van der Waals surface area contributed by atoms with Gasteiger partial charge in [0.05, 0.1) is 18.4 Å². The second-order valence-electron chi connectivity index (χ2n) is 4.67. The standard InChI is InChI=1S/C14H21NO2/c1-11-6-7-13(15)14(10-11)17-9-3-5-12-4-2-8-16-12/h6-7,10,12H,2-5,8-9,15H2,1H3. The van der Waals surface area contributed by atoms with E-state index in [-0.39, 0.29) is 0 Å². The van der Waals surface area contributed by atoms with Gasteiger partial charge in [-0.05, 0) is 50.3 Å². The molecule has 94 valence electrons. The van der Waals surface area contributed by atoms with Crippen molar-refractivity contribution in [1.29, 1.82) is 0 Å². The van der Waals surface area contributed by atoms with E-state index in [2.05, 4.69) is 0 Å². The molecule has 1 aliphatic rings. The van der Waals surface area contributed by atoms with Crippen LogP contribution in [0, 0.1) is 6.92 Å². The van der Waals surface area contributed by atoms with Crippen molar-refractivity contribution in [3.63, 3.8) is 0 Å². The molecule has 3 nitrogen and oxygen atoms in total. The molecule has 0 bridgehead atoms. The Labute approximate surface area is 103 Å². The molecule has 0 amide bonds. The SMILES string of the molecule is Cc1ccc(N)c(OCCCC2CCCO2)c1. The van der Waals surface area contributed by atoms with Gasteiger partial charge in [-0.1, -0.05) is 6.07 Å². The highest BCUT2D eigenvalue weighted by atomic mass is 16.5. The fraction of sp³-hybridized carbons (Fsp3) is 0.571. The van der Waals surface area contributed by atoms with Crippen LogP contribution in [0.3, 0.4) is 0 Å². The van der Waals surface area contributed by atoms with Gasteiger partial charge in [0.1, 0.15) is 5.75 Å². The number of hydrogen-bond donors (Lipinski definition) is 1. The van der Waals surface area contributed by atoms with Crippen LogP contribution in [0.1, 0.15) is 31.2 Å². The highest BCUT2D eigenvalue weighted by molar-refractivity contribution is 5.53. The normalized spacial score (nSPS) is 19.5. The first-order valence-electron chi connectivity index (χ1n) is 6.36. The van der Waals surface area contributed by atoms with E-state index in [9.17, 15) is 0 Å². The zero-order valence-electron chi connectivity index (χ0n) is 10.4. The number of rotatable bonds is 5. The van der Waals surface area contributed by atoms with Crippen LogP contribution in [0.4, 0.5) is 5.69 Å². The monoisotopic (exact) mass is 235 g/mol. The smallest absolute Gasteiger partial charge is 0.142 e. The van der Waals surface area contributed by atoms with Gasteiger partial charge < -0.3 is 15.2 Å². The zero-order chi connectivity index (χ0) is 12.1. The molecule has 2 rings (SSSR count). The van der Waals surface area contributed by atoms with Gasteiger partial charge in [0.2, 0.25) is 0 Å². The predicted molar refractivity (Wildman–Crippen MR) is 69.3 cm³/mol. The van der Waals surface area contributed by atoms with Crippen molar-refractivity contribution in [3.8, 4) is 5.75 Å². The summed E-state index contributed by atoms with van der Waals surface area (Å²) in [5.74, 6) is 0.803. The maximum absolute atomic E-state index is 5.84. The molecule has 0 aliphatic carbocycles. The summed E-state index contributed by atoms with van der Waals surface area (Å²) < 4.78 is 11.3. The van der Waals surface area contributed by atoms with E-state index >= 15 is 0 Å². The summed E-state index contributed by atoms with van der Waals surface area (Å²) in [7, 11) is 0. The predicted octanol–water partition coefficient (Wildman–Crippen LogP) is 2.92. The molecule has 1 saturated heterocycles. The second kappa shape index (κ2) is 5.92. The Bertz CT molecular complexity index is 359. The van der Waals surface area contributed by atoms with Crippen LogP contribution >= 0.6 is 0 Å². The lowest BCUT2D eigenvalue weighted by Gasteiger charge is -2.11. The highest BCUT2D eigenvalue weighted by Crippen LogP contribution is 2.23. The van der Waals surface area contributed by atoms with Crippen LogP contribution < -0.4 is 10.5 Å². The second-order valence-corrected chi connectivity index (χ2v) is 4.67.